The number of nitrogens with one attached hydrogen (secondary N) is 2. The summed E-state index contributed by atoms with van der Waals surface area (Å²) < 4.78 is 11.7. The van der Waals surface area contributed by atoms with Crippen LogP contribution in [0.2, 0.25) is 10.0 Å². The Morgan fingerprint density at radius 1 is 1.12 bits per heavy atom. The number of likely N-dealkylation sites (N-methyl/N-ethyl adjacent to an activating group) is 1. The number of aromatic nitrogens is 2. The van der Waals surface area contributed by atoms with Crippen molar-refractivity contribution in [2.75, 3.05) is 58.8 Å². The lowest BCUT2D eigenvalue weighted by atomic mass is 10.1. The summed E-state index contributed by atoms with van der Waals surface area (Å²) in [5.41, 5.74) is 1.29. The van der Waals surface area contributed by atoms with Gasteiger partial charge in [-0.2, -0.15) is 0 Å². The summed E-state index contributed by atoms with van der Waals surface area (Å²) in [6.07, 6.45) is 4.92. The molecular weight excluding hydrogens is 477 g/mol. The summed E-state index contributed by atoms with van der Waals surface area (Å²) >= 11 is 12.5. The lowest BCUT2D eigenvalue weighted by Crippen LogP contribution is -2.44. The lowest BCUT2D eigenvalue weighted by Gasteiger charge is -2.32. The van der Waals surface area contributed by atoms with Crippen LogP contribution in [0.4, 0.5) is 11.4 Å². The first kappa shape index (κ1) is 24.6. The summed E-state index contributed by atoms with van der Waals surface area (Å²) in [6.45, 7) is 6.02. The van der Waals surface area contributed by atoms with Gasteiger partial charge in [-0.1, -0.05) is 23.2 Å². The molecule has 0 aliphatic carbocycles. The highest BCUT2D eigenvalue weighted by molar-refractivity contribution is 6.39. The molecule has 0 atom stereocenters. The number of aromatic amines is 1. The summed E-state index contributed by atoms with van der Waals surface area (Å²) in [4.78, 5) is 24.2. The Labute approximate surface area is 208 Å². The van der Waals surface area contributed by atoms with Crippen LogP contribution in [0.25, 0.3) is 10.9 Å². The Morgan fingerprint density at radius 3 is 2.56 bits per heavy atom. The van der Waals surface area contributed by atoms with Gasteiger partial charge in [0.15, 0.2) is 11.5 Å². The zero-order chi connectivity index (χ0) is 24.1. The van der Waals surface area contributed by atoms with Crippen molar-refractivity contribution < 1.29 is 9.47 Å². The monoisotopic (exact) mass is 505 g/mol. The van der Waals surface area contributed by atoms with Crippen molar-refractivity contribution in [2.24, 2.45) is 0 Å². The minimum Gasteiger partial charge on any atom is -0.493 e. The van der Waals surface area contributed by atoms with E-state index in [2.05, 4.69) is 32.1 Å². The number of benzene rings is 1. The van der Waals surface area contributed by atoms with Crippen LogP contribution in [0.1, 0.15) is 12.8 Å². The topological polar surface area (TPSA) is 82.7 Å². The summed E-state index contributed by atoms with van der Waals surface area (Å²) in [5.74, 6) is 1.06. The fraction of sp³-hybridized carbons (Fsp3) is 0.417. The van der Waals surface area contributed by atoms with Crippen LogP contribution in [-0.2, 0) is 0 Å². The third-order valence-corrected chi connectivity index (χ3v) is 6.55. The summed E-state index contributed by atoms with van der Waals surface area (Å²) in [5, 5.41) is 4.63. The van der Waals surface area contributed by atoms with Crippen LogP contribution >= 0.6 is 23.2 Å². The van der Waals surface area contributed by atoms with Gasteiger partial charge in [0.2, 0.25) is 0 Å². The molecule has 10 heteroatoms. The van der Waals surface area contributed by atoms with Crippen LogP contribution in [0.15, 0.2) is 35.4 Å². The first-order chi connectivity index (χ1) is 16.5. The van der Waals surface area contributed by atoms with Gasteiger partial charge in [0.25, 0.3) is 5.56 Å². The third kappa shape index (κ3) is 5.75. The van der Waals surface area contributed by atoms with Crippen molar-refractivity contribution in [3.05, 3.63) is 51.0 Å². The molecule has 1 aliphatic rings. The maximum Gasteiger partial charge on any atom is 0.250 e. The van der Waals surface area contributed by atoms with E-state index in [0.717, 1.165) is 51.0 Å². The van der Waals surface area contributed by atoms with Crippen molar-refractivity contribution >= 4 is 45.5 Å². The predicted molar refractivity (Wildman–Crippen MR) is 137 cm³/mol. The van der Waals surface area contributed by atoms with Gasteiger partial charge in [-0.15, -0.1) is 0 Å². The molecule has 182 valence electrons. The van der Waals surface area contributed by atoms with E-state index in [-0.39, 0.29) is 5.56 Å². The van der Waals surface area contributed by atoms with Gasteiger partial charge >= 0.3 is 0 Å². The number of hydrogen-bond donors (Lipinski definition) is 2. The van der Waals surface area contributed by atoms with Crippen LogP contribution in [-0.4, -0.2) is 73.3 Å². The molecule has 0 saturated carbocycles. The van der Waals surface area contributed by atoms with Gasteiger partial charge in [-0.3, -0.25) is 9.78 Å². The van der Waals surface area contributed by atoms with Crippen molar-refractivity contribution in [2.45, 2.75) is 12.8 Å². The molecule has 0 unspecified atom stereocenters. The van der Waals surface area contributed by atoms with Crippen molar-refractivity contribution in [1.29, 1.82) is 0 Å². The molecule has 8 nitrogen and oxygen atoms in total. The average Bonchev–Trinajstić information content (AvgIpc) is 2.82. The largest absolute Gasteiger partial charge is 0.493 e. The maximum atomic E-state index is 12.5. The van der Waals surface area contributed by atoms with E-state index in [4.69, 9.17) is 32.7 Å². The Kier molecular flexibility index (Phi) is 8.15. The fourth-order valence-corrected chi connectivity index (χ4v) is 4.50. The number of halogens is 2. The molecule has 1 saturated heterocycles. The van der Waals surface area contributed by atoms with Crippen molar-refractivity contribution in [1.82, 2.24) is 19.8 Å². The van der Waals surface area contributed by atoms with Gasteiger partial charge < -0.3 is 29.6 Å². The minimum absolute atomic E-state index is 0.288. The molecule has 1 aromatic carbocycles. The average molecular weight is 506 g/mol. The number of H-pyrrole nitrogens is 1. The van der Waals surface area contributed by atoms with Crippen molar-refractivity contribution in [3.8, 4) is 11.5 Å². The summed E-state index contributed by atoms with van der Waals surface area (Å²) in [7, 11) is 3.74. The van der Waals surface area contributed by atoms with E-state index >= 15 is 0 Å². The van der Waals surface area contributed by atoms with Crippen LogP contribution < -0.4 is 20.3 Å². The van der Waals surface area contributed by atoms with Crippen molar-refractivity contribution in [3.63, 3.8) is 0 Å². The van der Waals surface area contributed by atoms with Crippen LogP contribution in [0.3, 0.4) is 0 Å². The third-order valence-electron chi connectivity index (χ3n) is 5.98. The second-order valence-corrected chi connectivity index (χ2v) is 9.18. The second kappa shape index (κ2) is 11.3. The standard InChI is InChI=1S/C24H29Cl2N5O3/c1-30-8-10-31(11-9-30)7-3-4-12-34-24-20(33-2)6-5-16-19(13-21(32)29-22(16)24)28-23-17(25)14-27-15-18(23)26/h5-6,13-15H,3-4,7-12H2,1-2H3,(H2,27,28,29,32). The molecule has 1 fully saturated rings. The highest BCUT2D eigenvalue weighted by Crippen LogP contribution is 2.39. The minimum atomic E-state index is -0.288. The highest BCUT2D eigenvalue weighted by atomic mass is 35.5. The Morgan fingerprint density at radius 2 is 1.85 bits per heavy atom. The van der Waals surface area contributed by atoms with E-state index in [9.17, 15) is 4.79 Å². The Balaban J connectivity index is 1.51. The quantitative estimate of drug-likeness (QED) is 0.417. The SMILES string of the molecule is COc1ccc2c(Nc3c(Cl)cncc3Cl)cc(=O)[nH]c2c1OCCCCN1CCN(C)CC1. The molecule has 2 N–H and O–H groups in total. The predicted octanol–water partition coefficient (Wildman–Crippen LogP) is 4.39. The lowest BCUT2D eigenvalue weighted by molar-refractivity contribution is 0.149. The number of fused-ring (bicyclic) bond motifs is 1. The first-order valence-electron chi connectivity index (χ1n) is 11.3. The molecule has 3 heterocycles. The molecule has 3 aromatic rings. The van der Waals surface area contributed by atoms with Crippen LogP contribution in [0.5, 0.6) is 11.5 Å². The molecule has 2 aromatic heterocycles. The summed E-state index contributed by atoms with van der Waals surface area (Å²) in [6, 6.07) is 5.14. The van der Waals surface area contributed by atoms with E-state index in [0.29, 0.717) is 45.0 Å². The first-order valence-corrected chi connectivity index (χ1v) is 12.1. The molecule has 0 amide bonds. The second-order valence-electron chi connectivity index (χ2n) is 8.37. The van der Waals surface area contributed by atoms with Gasteiger partial charge in [-0.05, 0) is 38.6 Å². The Hall–Kier alpha value is -2.52. The van der Waals surface area contributed by atoms with Gasteiger partial charge in [0, 0.05) is 50.0 Å². The smallest absolute Gasteiger partial charge is 0.250 e. The van der Waals surface area contributed by atoms with Crippen LogP contribution in [0, 0.1) is 0 Å². The molecule has 34 heavy (non-hydrogen) atoms. The zero-order valence-electron chi connectivity index (χ0n) is 19.4. The number of pyridine rings is 2. The van der Waals surface area contributed by atoms with E-state index in [1.165, 1.54) is 18.5 Å². The number of hydrogen-bond acceptors (Lipinski definition) is 7. The molecular formula is C24H29Cl2N5O3. The molecule has 1 aliphatic heterocycles. The number of ether oxygens (including phenoxy) is 2. The van der Waals surface area contributed by atoms with E-state index < -0.39 is 0 Å². The number of nitrogens with zero attached hydrogens (tertiary/aromatic N) is 3. The number of unbranched alkanes of at least 4 members (excludes halogenated alkanes) is 1. The zero-order valence-corrected chi connectivity index (χ0v) is 20.9. The molecule has 4 rings (SSSR count). The van der Waals surface area contributed by atoms with Gasteiger partial charge in [0.05, 0.1) is 40.7 Å². The van der Waals surface area contributed by atoms with E-state index in [1.807, 2.05) is 12.1 Å². The van der Waals surface area contributed by atoms with Gasteiger partial charge in [-0.25, -0.2) is 0 Å². The number of methoxy groups -OCH3 is 1. The normalized spacial score (nSPS) is 14.9. The number of anilines is 2. The van der Waals surface area contributed by atoms with Gasteiger partial charge in [0.1, 0.15) is 0 Å². The van der Waals surface area contributed by atoms with E-state index in [1.54, 1.807) is 7.11 Å². The number of piperazine rings is 1. The highest BCUT2D eigenvalue weighted by Gasteiger charge is 2.17. The Bertz CT molecular complexity index is 1170. The molecule has 0 radical (unpaired) electrons. The number of rotatable bonds is 9. The molecule has 0 spiro atoms. The fourth-order valence-electron chi connectivity index (χ4n) is 4.04. The maximum absolute atomic E-state index is 12.5. The molecule has 0 bridgehead atoms.